The highest BCUT2D eigenvalue weighted by Gasteiger charge is 2.06. The molecule has 0 aliphatic heterocycles. The third-order valence-electron chi connectivity index (χ3n) is 2.75. The van der Waals surface area contributed by atoms with Gasteiger partial charge in [-0.3, -0.25) is 0 Å². The fourth-order valence-electron chi connectivity index (χ4n) is 1.73. The Kier molecular flexibility index (Phi) is 5.26. The van der Waals surface area contributed by atoms with E-state index in [9.17, 15) is 0 Å². The number of benzene rings is 2. The van der Waals surface area contributed by atoms with E-state index in [0.29, 0.717) is 37.0 Å². The van der Waals surface area contributed by atoms with E-state index in [2.05, 4.69) is 0 Å². The Morgan fingerprint density at radius 2 is 1.70 bits per heavy atom. The molecule has 2 N–H and O–H groups in total. The molecule has 0 unspecified atom stereocenters. The van der Waals surface area contributed by atoms with Gasteiger partial charge in [-0.15, -0.1) is 0 Å². The molecule has 0 aliphatic rings. The van der Waals surface area contributed by atoms with Crippen LogP contribution >= 0.6 is 0 Å². The van der Waals surface area contributed by atoms with Gasteiger partial charge < -0.3 is 19.9 Å². The Morgan fingerprint density at radius 1 is 0.900 bits per heavy atom. The van der Waals surface area contributed by atoms with Crippen molar-refractivity contribution in [3.8, 4) is 11.5 Å². The van der Waals surface area contributed by atoms with Crippen LogP contribution in [0.3, 0.4) is 0 Å². The van der Waals surface area contributed by atoms with Crippen LogP contribution in [-0.2, 0) is 11.3 Å². The standard InChI is InChI=1S/C16H19NO3/c1-18-9-10-19-15-8-7-14(17)11-16(15)20-12-13-5-3-2-4-6-13/h2-8,11H,9-10,12,17H2,1H3. The fourth-order valence-corrected chi connectivity index (χ4v) is 1.73. The zero-order valence-electron chi connectivity index (χ0n) is 11.5. The zero-order chi connectivity index (χ0) is 14.2. The molecule has 0 spiro atoms. The van der Waals surface area contributed by atoms with E-state index in [4.69, 9.17) is 19.9 Å². The minimum absolute atomic E-state index is 0.474. The summed E-state index contributed by atoms with van der Waals surface area (Å²) in [5, 5.41) is 0. The summed E-state index contributed by atoms with van der Waals surface area (Å²) in [6, 6.07) is 15.3. The molecule has 20 heavy (non-hydrogen) atoms. The molecule has 0 bridgehead atoms. The number of nitrogens with two attached hydrogens (primary N) is 1. The van der Waals surface area contributed by atoms with Crippen molar-refractivity contribution in [1.82, 2.24) is 0 Å². The minimum Gasteiger partial charge on any atom is -0.487 e. The maximum Gasteiger partial charge on any atom is 0.163 e. The van der Waals surface area contributed by atoms with E-state index in [0.717, 1.165) is 5.56 Å². The van der Waals surface area contributed by atoms with Crippen LogP contribution in [-0.4, -0.2) is 20.3 Å². The highest BCUT2D eigenvalue weighted by Crippen LogP contribution is 2.30. The number of methoxy groups -OCH3 is 1. The first-order valence-corrected chi connectivity index (χ1v) is 6.47. The van der Waals surface area contributed by atoms with Crippen LogP contribution in [0.25, 0.3) is 0 Å². The van der Waals surface area contributed by atoms with Crippen molar-refractivity contribution in [2.75, 3.05) is 26.1 Å². The number of hydrogen-bond acceptors (Lipinski definition) is 4. The Labute approximate surface area is 119 Å². The van der Waals surface area contributed by atoms with Crippen LogP contribution in [0.5, 0.6) is 11.5 Å². The molecular weight excluding hydrogens is 254 g/mol. The van der Waals surface area contributed by atoms with E-state index < -0.39 is 0 Å². The first-order chi connectivity index (χ1) is 9.79. The number of hydrogen-bond donors (Lipinski definition) is 1. The van der Waals surface area contributed by atoms with Crippen molar-refractivity contribution in [1.29, 1.82) is 0 Å². The molecule has 2 aromatic carbocycles. The Balaban J connectivity index is 2.03. The van der Waals surface area contributed by atoms with Gasteiger partial charge in [0.05, 0.1) is 6.61 Å². The van der Waals surface area contributed by atoms with Gasteiger partial charge in [-0.2, -0.15) is 0 Å². The SMILES string of the molecule is COCCOc1ccc(N)cc1OCc1ccccc1. The monoisotopic (exact) mass is 273 g/mol. The summed E-state index contributed by atoms with van der Waals surface area (Å²) in [4.78, 5) is 0. The average molecular weight is 273 g/mol. The van der Waals surface area contributed by atoms with E-state index in [1.165, 1.54) is 0 Å². The molecule has 0 amide bonds. The van der Waals surface area contributed by atoms with Crippen molar-refractivity contribution in [2.45, 2.75) is 6.61 Å². The lowest BCUT2D eigenvalue weighted by atomic mass is 10.2. The molecule has 4 heteroatoms. The van der Waals surface area contributed by atoms with E-state index in [-0.39, 0.29) is 0 Å². The molecule has 0 radical (unpaired) electrons. The summed E-state index contributed by atoms with van der Waals surface area (Å²) >= 11 is 0. The molecule has 0 aliphatic carbocycles. The molecule has 0 saturated carbocycles. The predicted molar refractivity (Wildman–Crippen MR) is 79.0 cm³/mol. The smallest absolute Gasteiger partial charge is 0.163 e. The lowest BCUT2D eigenvalue weighted by molar-refractivity contribution is 0.143. The first-order valence-electron chi connectivity index (χ1n) is 6.47. The van der Waals surface area contributed by atoms with Crippen molar-refractivity contribution in [3.63, 3.8) is 0 Å². The molecular formula is C16H19NO3. The highest BCUT2D eigenvalue weighted by molar-refractivity contribution is 5.52. The van der Waals surface area contributed by atoms with Crippen LogP contribution in [0, 0.1) is 0 Å². The summed E-state index contributed by atoms with van der Waals surface area (Å²) < 4.78 is 16.4. The number of anilines is 1. The molecule has 0 saturated heterocycles. The lowest BCUT2D eigenvalue weighted by Crippen LogP contribution is -2.06. The molecule has 0 aromatic heterocycles. The summed E-state index contributed by atoms with van der Waals surface area (Å²) in [6.07, 6.45) is 0. The molecule has 0 fully saturated rings. The van der Waals surface area contributed by atoms with Gasteiger partial charge in [0.1, 0.15) is 13.2 Å². The van der Waals surface area contributed by atoms with Gasteiger partial charge in [0, 0.05) is 18.9 Å². The van der Waals surface area contributed by atoms with E-state index >= 15 is 0 Å². The van der Waals surface area contributed by atoms with Gasteiger partial charge in [0.15, 0.2) is 11.5 Å². The molecule has 0 heterocycles. The molecule has 2 rings (SSSR count). The van der Waals surface area contributed by atoms with Gasteiger partial charge >= 0.3 is 0 Å². The second kappa shape index (κ2) is 7.40. The average Bonchev–Trinajstić information content (AvgIpc) is 2.48. The minimum atomic E-state index is 0.474. The topological polar surface area (TPSA) is 53.7 Å². The van der Waals surface area contributed by atoms with Crippen LogP contribution in [0.15, 0.2) is 48.5 Å². The van der Waals surface area contributed by atoms with Crippen LogP contribution in [0.4, 0.5) is 5.69 Å². The quantitative estimate of drug-likeness (QED) is 0.622. The van der Waals surface area contributed by atoms with Crippen molar-refractivity contribution >= 4 is 5.69 Å². The molecule has 106 valence electrons. The first kappa shape index (κ1) is 14.2. The van der Waals surface area contributed by atoms with Gasteiger partial charge in [0.25, 0.3) is 0 Å². The van der Waals surface area contributed by atoms with Gasteiger partial charge in [-0.25, -0.2) is 0 Å². The van der Waals surface area contributed by atoms with Crippen LogP contribution < -0.4 is 15.2 Å². The molecule has 4 nitrogen and oxygen atoms in total. The van der Waals surface area contributed by atoms with Crippen LogP contribution in [0.2, 0.25) is 0 Å². The number of nitrogen functional groups attached to an aromatic ring is 1. The third-order valence-corrected chi connectivity index (χ3v) is 2.75. The lowest BCUT2D eigenvalue weighted by Gasteiger charge is -2.13. The Morgan fingerprint density at radius 3 is 2.45 bits per heavy atom. The number of ether oxygens (including phenoxy) is 3. The summed E-state index contributed by atoms with van der Waals surface area (Å²) in [6.45, 7) is 1.48. The van der Waals surface area contributed by atoms with E-state index in [1.54, 1.807) is 19.2 Å². The van der Waals surface area contributed by atoms with Gasteiger partial charge in [0.2, 0.25) is 0 Å². The maximum absolute atomic E-state index is 5.79. The zero-order valence-corrected chi connectivity index (χ0v) is 11.5. The third kappa shape index (κ3) is 4.17. The second-order valence-electron chi connectivity index (χ2n) is 4.32. The second-order valence-corrected chi connectivity index (χ2v) is 4.32. The van der Waals surface area contributed by atoms with Crippen LogP contribution in [0.1, 0.15) is 5.56 Å². The fraction of sp³-hybridized carbons (Fsp3) is 0.250. The summed E-state index contributed by atoms with van der Waals surface area (Å²) in [5.74, 6) is 1.32. The molecule has 2 aromatic rings. The maximum atomic E-state index is 5.79. The molecule has 0 atom stereocenters. The normalized spacial score (nSPS) is 10.2. The van der Waals surface area contributed by atoms with E-state index in [1.807, 2.05) is 36.4 Å². The van der Waals surface area contributed by atoms with Crippen molar-refractivity contribution in [2.24, 2.45) is 0 Å². The van der Waals surface area contributed by atoms with Gasteiger partial charge in [-0.05, 0) is 17.7 Å². The number of rotatable bonds is 7. The van der Waals surface area contributed by atoms with Crippen molar-refractivity contribution in [3.05, 3.63) is 54.1 Å². The summed E-state index contributed by atoms with van der Waals surface area (Å²) in [7, 11) is 1.64. The van der Waals surface area contributed by atoms with Crippen molar-refractivity contribution < 1.29 is 14.2 Å². The Hall–Kier alpha value is -2.20. The summed E-state index contributed by atoms with van der Waals surface area (Å²) in [5.41, 5.74) is 7.53. The largest absolute Gasteiger partial charge is 0.487 e. The highest BCUT2D eigenvalue weighted by atomic mass is 16.5. The van der Waals surface area contributed by atoms with Gasteiger partial charge in [-0.1, -0.05) is 30.3 Å². The Bertz CT molecular complexity index is 529. The predicted octanol–water partition coefficient (Wildman–Crippen LogP) is 2.87.